The van der Waals surface area contributed by atoms with Gasteiger partial charge < -0.3 is 14.5 Å². The van der Waals surface area contributed by atoms with Crippen molar-refractivity contribution in [2.45, 2.75) is 19.5 Å². The van der Waals surface area contributed by atoms with Crippen molar-refractivity contribution < 1.29 is 9.53 Å². The molecule has 8 heteroatoms. The zero-order valence-electron chi connectivity index (χ0n) is 19.0. The molecule has 0 bridgehead atoms. The van der Waals surface area contributed by atoms with Gasteiger partial charge in [0.15, 0.2) is 0 Å². The highest BCUT2D eigenvalue weighted by atomic mass is 16.5. The molecule has 172 valence electrons. The van der Waals surface area contributed by atoms with Crippen molar-refractivity contribution in [2.24, 2.45) is 0 Å². The van der Waals surface area contributed by atoms with E-state index in [1.165, 1.54) is 5.56 Å². The number of hydrogen-bond donors (Lipinski definition) is 0. The average molecular weight is 439 g/mol. The van der Waals surface area contributed by atoms with Gasteiger partial charge in [0, 0.05) is 70.8 Å². The lowest BCUT2D eigenvalue weighted by atomic mass is 10.1. The monoisotopic (exact) mass is 438 g/mol. The maximum atomic E-state index is 13.2. The average Bonchev–Trinajstić information content (AvgIpc) is 2.85. The Bertz CT molecular complexity index is 823. The van der Waals surface area contributed by atoms with E-state index in [9.17, 15) is 4.79 Å². The smallest absolute Gasteiger partial charge is 0.236 e. The second-order valence-corrected chi connectivity index (χ2v) is 8.57. The molecule has 2 fully saturated rings. The van der Waals surface area contributed by atoms with Crippen molar-refractivity contribution in [3.05, 3.63) is 54.4 Å². The summed E-state index contributed by atoms with van der Waals surface area (Å²) in [4.78, 5) is 30.8. The molecular formula is C24H34N6O2. The van der Waals surface area contributed by atoms with E-state index in [1.807, 2.05) is 17.0 Å². The topological polar surface area (TPSA) is 65.0 Å². The zero-order chi connectivity index (χ0) is 22.2. The lowest BCUT2D eigenvalue weighted by Gasteiger charge is -2.38. The molecule has 1 unspecified atom stereocenters. The van der Waals surface area contributed by atoms with E-state index in [4.69, 9.17) is 4.74 Å². The minimum Gasteiger partial charge on any atom is -0.379 e. The highest BCUT2D eigenvalue weighted by molar-refractivity contribution is 5.78. The van der Waals surface area contributed by atoms with Crippen LogP contribution in [0.2, 0.25) is 0 Å². The van der Waals surface area contributed by atoms with Crippen LogP contribution in [0.3, 0.4) is 0 Å². The number of nitrogens with zero attached hydrogens (tertiary/aromatic N) is 6. The van der Waals surface area contributed by atoms with Crippen LogP contribution in [0, 0.1) is 0 Å². The van der Waals surface area contributed by atoms with Gasteiger partial charge in [-0.25, -0.2) is 9.97 Å². The first kappa shape index (κ1) is 22.6. The lowest BCUT2D eigenvalue weighted by molar-refractivity contribution is -0.133. The Balaban J connectivity index is 1.35. The van der Waals surface area contributed by atoms with Crippen molar-refractivity contribution in [1.82, 2.24) is 24.7 Å². The number of hydrogen-bond acceptors (Lipinski definition) is 7. The van der Waals surface area contributed by atoms with Crippen molar-refractivity contribution in [3.8, 4) is 0 Å². The molecule has 3 heterocycles. The molecule has 1 aromatic heterocycles. The number of rotatable bonds is 8. The third-order valence-electron chi connectivity index (χ3n) is 6.28. The molecule has 1 amide bonds. The molecule has 0 spiro atoms. The van der Waals surface area contributed by atoms with E-state index >= 15 is 0 Å². The fraction of sp³-hybridized carbons (Fsp3) is 0.542. The SMILES string of the molecule is CC(CN1CCOCC1)N(CC(=O)N1CCN(c2ncccn2)CC1)Cc1ccccc1. The van der Waals surface area contributed by atoms with Gasteiger partial charge in [0.1, 0.15) is 0 Å². The van der Waals surface area contributed by atoms with Crippen LogP contribution < -0.4 is 4.90 Å². The number of benzene rings is 1. The van der Waals surface area contributed by atoms with Crippen molar-refractivity contribution in [3.63, 3.8) is 0 Å². The summed E-state index contributed by atoms with van der Waals surface area (Å²) in [5.41, 5.74) is 1.24. The molecule has 0 radical (unpaired) electrons. The molecule has 32 heavy (non-hydrogen) atoms. The number of carbonyl (C=O) groups excluding carboxylic acids is 1. The van der Waals surface area contributed by atoms with Crippen molar-refractivity contribution >= 4 is 11.9 Å². The van der Waals surface area contributed by atoms with E-state index in [0.717, 1.165) is 58.4 Å². The van der Waals surface area contributed by atoms with Gasteiger partial charge in [-0.3, -0.25) is 14.6 Å². The Morgan fingerprint density at radius 3 is 2.38 bits per heavy atom. The largest absolute Gasteiger partial charge is 0.379 e. The molecule has 0 saturated carbocycles. The van der Waals surface area contributed by atoms with Crippen LogP contribution in [0.25, 0.3) is 0 Å². The van der Waals surface area contributed by atoms with Gasteiger partial charge >= 0.3 is 0 Å². The first-order valence-corrected chi connectivity index (χ1v) is 11.6. The predicted octanol–water partition coefficient (Wildman–Crippen LogP) is 1.35. The quantitative estimate of drug-likeness (QED) is 0.616. The van der Waals surface area contributed by atoms with Gasteiger partial charge in [-0.05, 0) is 18.6 Å². The fourth-order valence-electron chi connectivity index (χ4n) is 4.34. The summed E-state index contributed by atoms with van der Waals surface area (Å²) >= 11 is 0. The Morgan fingerprint density at radius 1 is 1.00 bits per heavy atom. The summed E-state index contributed by atoms with van der Waals surface area (Å²) < 4.78 is 5.49. The molecule has 1 aromatic carbocycles. The predicted molar refractivity (Wildman–Crippen MR) is 124 cm³/mol. The number of piperazine rings is 1. The minimum absolute atomic E-state index is 0.198. The Labute approximate surface area is 190 Å². The number of amides is 1. The van der Waals surface area contributed by atoms with Crippen molar-refractivity contribution in [2.75, 3.05) is 70.5 Å². The summed E-state index contributed by atoms with van der Waals surface area (Å²) in [6.07, 6.45) is 3.52. The van der Waals surface area contributed by atoms with Crippen LogP contribution in [0.15, 0.2) is 48.8 Å². The molecule has 2 aliphatic rings. The first-order chi connectivity index (χ1) is 15.7. The second-order valence-electron chi connectivity index (χ2n) is 8.57. The molecule has 2 aliphatic heterocycles. The van der Waals surface area contributed by atoms with Gasteiger partial charge in [-0.15, -0.1) is 0 Å². The third-order valence-corrected chi connectivity index (χ3v) is 6.28. The number of carbonyl (C=O) groups is 1. The van der Waals surface area contributed by atoms with E-state index < -0.39 is 0 Å². The van der Waals surface area contributed by atoms with Crippen LogP contribution in [-0.4, -0.2) is 102 Å². The Kier molecular flexibility index (Phi) is 8.03. The van der Waals surface area contributed by atoms with E-state index in [2.05, 4.69) is 55.9 Å². The fourth-order valence-corrected chi connectivity index (χ4v) is 4.34. The summed E-state index contributed by atoms with van der Waals surface area (Å²) in [6.45, 7) is 10.8. The Morgan fingerprint density at radius 2 is 1.69 bits per heavy atom. The Hall–Kier alpha value is -2.55. The van der Waals surface area contributed by atoms with Crippen LogP contribution >= 0.6 is 0 Å². The molecular weight excluding hydrogens is 404 g/mol. The first-order valence-electron chi connectivity index (χ1n) is 11.6. The summed E-state index contributed by atoms with van der Waals surface area (Å²) in [7, 11) is 0. The summed E-state index contributed by atoms with van der Waals surface area (Å²) in [5, 5.41) is 0. The maximum absolute atomic E-state index is 13.2. The maximum Gasteiger partial charge on any atom is 0.236 e. The molecule has 0 N–H and O–H groups in total. The third kappa shape index (κ3) is 6.25. The van der Waals surface area contributed by atoms with Crippen molar-refractivity contribution in [1.29, 1.82) is 0 Å². The zero-order valence-corrected chi connectivity index (χ0v) is 19.0. The van der Waals surface area contributed by atoms with Crippen LogP contribution in [-0.2, 0) is 16.1 Å². The van der Waals surface area contributed by atoms with Gasteiger partial charge in [-0.2, -0.15) is 0 Å². The summed E-state index contributed by atoms with van der Waals surface area (Å²) in [5.74, 6) is 0.938. The lowest BCUT2D eigenvalue weighted by Crippen LogP contribution is -2.53. The second kappa shape index (κ2) is 11.4. The number of ether oxygens (including phenoxy) is 1. The molecule has 4 rings (SSSR count). The van der Waals surface area contributed by atoms with E-state index in [0.29, 0.717) is 19.6 Å². The minimum atomic E-state index is 0.198. The van der Waals surface area contributed by atoms with Gasteiger partial charge in [0.25, 0.3) is 0 Å². The molecule has 0 aliphatic carbocycles. The van der Waals surface area contributed by atoms with E-state index in [-0.39, 0.29) is 11.9 Å². The highest BCUT2D eigenvalue weighted by Crippen LogP contribution is 2.14. The number of anilines is 1. The standard InChI is InChI=1S/C24H34N6O2/c1-21(18-27-14-16-32-17-15-27)30(19-22-6-3-2-4-7-22)20-23(31)28-10-12-29(13-11-28)24-25-8-5-9-26-24/h2-9,21H,10-20H2,1H3. The number of aromatic nitrogens is 2. The van der Waals surface area contributed by atoms with Crippen LogP contribution in [0.1, 0.15) is 12.5 Å². The van der Waals surface area contributed by atoms with Gasteiger partial charge in [0.2, 0.25) is 11.9 Å². The normalized spacial score (nSPS) is 18.7. The van der Waals surface area contributed by atoms with Gasteiger partial charge in [-0.1, -0.05) is 30.3 Å². The highest BCUT2D eigenvalue weighted by Gasteiger charge is 2.26. The van der Waals surface area contributed by atoms with Gasteiger partial charge in [0.05, 0.1) is 19.8 Å². The summed E-state index contributed by atoms with van der Waals surface area (Å²) in [6, 6.07) is 12.5. The van der Waals surface area contributed by atoms with E-state index in [1.54, 1.807) is 12.4 Å². The van der Waals surface area contributed by atoms with Crippen LogP contribution in [0.4, 0.5) is 5.95 Å². The molecule has 2 aromatic rings. The molecule has 8 nitrogen and oxygen atoms in total. The number of morpholine rings is 1. The van der Waals surface area contributed by atoms with Crippen LogP contribution in [0.5, 0.6) is 0 Å². The molecule has 2 saturated heterocycles. The molecule has 1 atom stereocenters.